The highest BCUT2D eigenvalue weighted by molar-refractivity contribution is 6.38. The van der Waals surface area contributed by atoms with Crippen LogP contribution in [0.4, 0.5) is 0 Å². The maximum absolute atomic E-state index is 12.7. The van der Waals surface area contributed by atoms with Gasteiger partial charge >= 0.3 is 0 Å². The number of fused-ring (bicyclic) bond motifs is 2. The summed E-state index contributed by atoms with van der Waals surface area (Å²) in [5, 5.41) is 0.988. The summed E-state index contributed by atoms with van der Waals surface area (Å²) in [7, 11) is 0. The van der Waals surface area contributed by atoms with Crippen LogP contribution >= 0.6 is 23.2 Å². The van der Waals surface area contributed by atoms with Crippen LogP contribution in [-0.4, -0.2) is 18.9 Å². The molecule has 4 rings (SSSR count). The molecule has 8 heteroatoms. The van der Waals surface area contributed by atoms with Crippen molar-refractivity contribution < 1.29 is 0 Å². The molecule has 3 aromatic heterocycles. The summed E-state index contributed by atoms with van der Waals surface area (Å²) in [4.78, 5) is 33.5. The van der Waals surface area contributed by atoms with Crippen LogP contribution in [-0.2, 0) is 6.54 Å². The minimum absolute atomic E-state index is 0.118. The van der Waals surface area contributed by atoms with Crippen molar-refractivity contribution in [2.45, 2.75) is 6.54 Å². The van der Waals surface area contributed by atoms with Crippen LogP contribution in [0.15, 0.2) is 58.5 Å². The number of rotatable bonds is 2. The Balaban J connectivity index is 1.85. The number of hydrogen-bond donors (Lipinski definition) is 0. The van der Waals surface area contributed by atoms with E-state index in [2.05, 4.69) is 9.97 Å². The lowest BCUT2D eigenvalue weighted by Gasteiger charge is -2.08. The van der Waals surface area contributed by atoms with Gasteiger partial charge in [0.15, 0.2) is 0 Å². The molecule has 0 spiro atoms. The van der Waals surface area contributed by atoms with E-state index in [1.165, 1.54) is 33.5 Å². The number of pyridine rings is 1. The van der Waals surface area contributed by atoms with Crippen molar-refractivity contribution in [3.8, 4) is 0 Å². The van der Waals surface area contributed by atoms with Gasteiger partial charge in [0.2, 0.25) is 0 Å². The first kappa shape index (κ1) is 15.8. The Morgan fingerprint density at radius 3 is 2.76 bits per heavy atom. The fourth-order valence-corrected chi connectivity index (χ4v) is 3.21. The van der Waals surface area contributed by atoms with Crippen molar-refractivity contribution in [1.29, 1.82) is 0 Å². The van der Waals surface area contributed by atoms with E-state index >= 15 is 0 Å². The van der Waals surface area contributed by atoms with Crippen molar-refractivity contribution in [2.75, 3.05) is 0 Å². The molecule has 0 N–H and O–H groups in total. The molecule has 6 nitrogen and oxygen atoms in total. The third kappa shape index (κ3) is 2.79. The highest BCUT2D eigenvalue weighted by Crippen LogP contribution is 2.23. The summed E-state index contributed by atoms with van der Waals surface area (Å²) < 4.78 is 2.81. The number of nitrogens with zero attached hydrogens (tertiary/aromatic N) is 4. The topological polar surface area (TPSA) is 69.3 Å². The SMILES string of the molecule is O=c1c2cc(Cl)cc(Cl)c2ncn1Cc1cc(=O)n2ccccc2n1. The number of hydrogen-bond acceptors (Lipinski definition) is 4. The average Bonchev–Trinajstić information content (AvgIpc) is 2.58. The summed E-state index contributed by atoms with van der Waals surface area (Å²) >= 11 is 12.1. The van der Waals surface area contributed by atoms with Gasteiger partial charge in [0.05, 0.1) is 34.5 Å². The van der Waals surface area contributed by atoms with Crippen LogP contribution in [0.3, 0.4) is 0 Å². The van der Waals surface area contributed by atoms with Crippen LogP contribution < -0.4 is 11.1 Å². The fraction of sp³-hybridized carbons (Fsp3) is 0.0588. The first-order chi connectivity index (χ1) is 12.0. The molecule has 124 valence electrons. The minimum Gasteiger partial charge on any atom is -0.293 e. The zero-order valence-electron chi connectivity index (χ0n) is 12.7. The van der Waals surface area contributed by atoms with Crippen LogP contribution in [0.2, 0.25) is 10.0 Å². The quantitative estimate of drug-likeness (QED) is 0.542. The summed E-state index contributed by atoms with van der Waals surface area (Å²) in [6.07, 6.45) is 3.03. The molecule has 3 heterocycles. The molecule has 0 bridgehead atoms. The predicted molar refractivity (Wildman–Crippen MR) is 96.6 cm³/mol. The van der Waals surface area contributed by atoms with E-state index in [0.717, 1.165) is 0 Å². The largest absolute Gasteiger partial charge is 0.293 e. The zero-order chi connectivity index (χ0) is 17.6. The van der Waals surface area contributed by atoms with Gasteiger partial charge in [-0.1, -0.05) is 29.3 Å². The molecule has 0 saturated carbocycles. The Hall–Kier alpha value is -2.70. The monoisotopic (exact) mass is 372 g/mol. The van der Waals surface area contributed by atoms with Gasteiger partial charge < -0.3 is 0 Å². The lowest BCUT2D eigenvalue weighted by atomic mass is 10.2. The van der Waals surface area contributed by atoms with Crippen molar-refractivity contribution >= 4 is 39.8 Å². The number of benzene rings is 1. The minimum atomic E-state index is -0.301. The summed E-state index contributed by atoms with van der Waals surface area (Å²) in [5.41, 5.74) is 0.849. The first-order valence-corrected chi connectivity index (χ1v) is 8.10. The van der Waals surface area contributed by atoms with Gasteiger partial charge in [-0.3, -0.25) is 18.6 Å². The molecule has 0 radical (unpaired) electrons. The zero-order valence-corrected chi connectivity index (χ0v) is 14.2. The van der Waals surface area contributed by atoms with Gasteiger partial charge in [-0.15, -0.1) is 0 Å². The predicted octanol–water partition coefficient (Wildman–Crippen LogP) is 2.76. The van der Waals surface area contributed by atoms with Gasteiger partial charge in [-0.2, -0.15) is 0 Å². The van der Waals surface area contributed by atoms with E-state index < -0.39 is 0 Å². The maximum atomic E-state index is 12.7. The van der Waals surface area contributed by atoms with Crippen molar-refractivity contribution in [3.63, 3.8) is 0 Å². The van der Waals surface area contributed by atoms with E-state index in [1.807, 2.05) is 0 Å². The summed E-state index contributed by atoms with van der Waals surface area (Å²) in [6, 6.07) is 9.73. The standard InChI is InChI=1S/C17H10Cl2N4O2/c18-10-5-12-16(13(19)6-10)20-9-22(17(12)25)8-11-7-15(24)23-4-2-1-3-14(23)21-11/h1-7,9H,8H2. The fourth-order valence-electron chi connectivity index (χ4n) is 2.67. The highest BCUT2D eigenvalue weighted by atomic mass is 35.5. The normalized spacial score (nSPS) is 11.3. The number of halogens is 2. The smallest absolute Gasteiger partial charge is 0.261 e. The third-order valence-electron chi connectivity index (χ3n) is 3.80. The van der Waals surface area contributed by atoms with Gasteiger partial charge in [0, 0.05) is 17.3 Å². The second kappa shape index (κ2) is 5.98. The lowest BCUT2D eigenvalue weighted by molar-refractivity contribution is 0.727. The molecule has 0 aliphatic rings. The molecule has 0 atom stereocenters. The molecule has 4 aromatic rings. The molecular formula is C17H10Cl2N4O2. The highest BCUT2D eigenvalue weighted by Gasteiger charge is 2.10. The Labute approximate surface area is 150 Å². The molecule has 0 aliphatic carbocycles. The summed E-state index contributed by atoms with van der Waals surface area (Å²) in [6.45, 7) is 0.118. The van der Waals surface area contributed by atoms with Crippen LogP contribution in [0.25, 0.3) is 16.6 Å². The van der Waals surface area contributed by atoms with Crippen LogP contribution in [0.1, 0.15) is 5.69 Å². The van der Waals surface area contributed by atoms with Gasteiger partial charge in [0.1, 0.15) is 5.65 Å². The molecule has 0 saturated heterocycles. The maximum Gasteiger partial charge on any atom is 0.261 e. The van der Waals surface area contributed by atoms with Gasteiger partial charge in [0.25, 0.3) is 11.1 Å². The van der Waals surface area contributed by atoms with Crippen molar-refractivity contribution in [3.05, 3.63) is 85.4 Å². The summed E-state index contributed by atoms with van der Waals surface area (Å²) in [5.74, 6) is 0. The van der Waals surface area contributed by atoms with Crippen molar-refractivity contribution in [1.82, 2.24) is 18.9 Å². The van der Waals surface area contributed by atoms with E-state index in [4.69, 9.17) is 23.2 Å². The Morgan fingerprint density at radius 2 is 1.92 bits per heavy atom. The second-order valence-corrected chi connectivity index (χ2v) is 6.32. The number of aromatic nitrogens is 4. The van der Waals surface area contributed by atoms with Crippen LogP contribution in [0.5, 0.6) is 0 Å². The molecule has 0 amide bonds. The third-order valence-corrected chi connectivity index (χ3v) is 4.31. The van der Waals surface area contributed by atoms with E-state index in [1.54, 1.807) is 24.4 Å². The Kier molecular flexibility index (Phi) is 3.78. The first-order valence-electron chi connectivity index (χ1n) is 7.34. The van der Waals surface area contributed by atoms with Gasteiger partial charge in [-0.05, 0) is 24.3 Å². The molecule has 0 unspecified atom stereocenters. The van der Waals surface area contributed by atoms with Gasteiger partial charge in [-0.25, -0.2) is 9.97 Å². The van der Waals surface area contributed by atoms with E-state index in [-0.39, 0.29) is 17.7 Å². The second-order valence-electron chi connectivity index (χ2n) is 5.48. The molecular weight excluding hydrogens is 363 g/mol. The Bertz CT molecular complexity index is 1250. The molecule has 0 aliphatic heterocycles. The van der Waals surface area contributed by atoms with Crippen molar-refractivity contribution in [2.24, 2.45) is 0 Å². The lowest BCUT2D eigenvalue weighted by Crippen LogP contribution is -2.23. The van der Waals surface area contributed by atoms with E-state index in [9.17, 15) is 9.59 Å². The van der Waals surface area contributed by atoms with Crippen LogP contribution in [0, 0.1) is 0 Å². The van der Waals surface area contributed by atoms with E-state index in [0.29, 0.717) is 32.3 Å². The molecule has 25 heavy (non-hydrogen) atoms. The molecule has 0 fully saturated rings. The molecule has 1 aromatic carbocycles. The Morgan fingerprint density at radius 1 is 1.08 bits per heavy atom. The average molecular weight is 373 g/mol.